The van der Waals surface area contributed by atoms with Gasteiger partial charge in [-0.05, 0) is 29.8 Å². The Labute approximate surface area is 147 Å². The van der Waals surface area contributed by atoms with Gasteiger partial charge in [0.15, 0.2) is 0 Å². The van der Waals surface area contributed by atoms with E-state index in [2.05, 4.69) is 26.2 Å². The molecule has 1 N–H and O–H groups in total. The summed E-state index contributed by atoms with van der Waals surface area (Å²) < 4.78 is 0.661. The highest BCUT2D eigenvalue weighted by atomic mass is 79.9. The summed E-state index contributed by atoms with van der Waals surface area (Å²) in [4.78, 5) is 15.4. The number of hydrogen-bond acceptors (Lipinski definition) is 4. The third kappa shape index (κ3) is 3.60. The van der Waals surface area contributed by atoms with Crippen LogP contribution in [0.3, 0.4) is 0 Å². The molecule has 24 heavy (non-hydrogen) atoms. The number of nitrogens with one attached hydrogen (secondary N) is 1. The highest BCUT2D eigenvalue weighted by molar-refractivity contribution is 9.10. The Hall–Kier alpha value is -2.73. The Morgan fingerprint density at radius 1 is 1.04 bits per heavy atom. The van der Waals surface area contributed by atoms with Crippen LogP contribution < -0.4 is 5.32 Å². The van der Waals surface area contributed by atoms with Crippen molar-refractivity contribution in [2.45, 2.75) is 6.04 Å². The SMILES string of the molecule is O=[N+]([O-])c1cc(Br)ccc1NC(c1ccccc1)c1ccccn1. The highest BCUT2D eigenvalue weighted by Gasteiger charge is 2.20. The van der Waals surface area contributed by atoms with Crippen molar-refractivity contribution >= 4 is 27.3 Å². The van der Waals surface area contributed by atoms with Crippen LogP contribution >= 0.6 is 15.9 Å². The van der Waals surface area contributed by atoms with E-state index in [9.17, 15) is 10.1 Å². The lowest BCUT2D eigenvalue weighted by Gasteiger charge is -2.20. The fourth-order valence-electron chi connectivity index (χ4n) is 2.45. The summed E-state index contributed by atoms with van der Waals surface area (Å²) >= 11 is 3.28. The average Bonchev–Trinajstić information content (AvgIpc) is 2.62. The number of rotatable bonds is 5. The van der Waals surface area contributed by atoms with Gasteiger partial charge in [-0.15, -0.1) is 0 Å². The summed E-state index contributed by atoms with van der Waals surface area (Å²) in [5, 5.41) is 14.6. The molecule has 6 heteroatoms. The molecule has 3 aromatic rings. The van der Waals surface area contributed by atoms with Gasteiger partial charge >= 0.3 is 0 Å². The lowest BCUT2D eigenvalue weighted by Crippen LogP contribution is -2.14. The van der Waals surface area contributed by atoms with E-state index in [-0.39, 0.29) is 11.7 Å². The highest BCUT2D eigenvalue weighted by Crippen LogP contribution is 2.33. The van der Waals surface area contributed by atoms with Crippen LogP contribution in [0.25, 0.3) is 0 Å². The smallest absolute Gasteiger partial charge is 0.293 e. The first kappa shape index (κ1) is 16.1. The van der Waals surface area contributed by atoms with Crippen molar-refractivity contribution in [2.24, 2.45) is 0 Å². The van der Waals surface area contributed by atoms with E-state index < -0.39 is 4.92 Å². The third-order valence-corrected chi connectivity index (χ3v) is 4.07. The first-order chi connectivity index (χ1) is 11.6. The molecular weight excluding hydrogens is 370 g/mol. The molecule has 1 heterocycles. The summed E-state index contributed by atoms with van der Waals surface area (Å²) in [5.41, 5.74) is 2.23. The van der Waals surface area contributed by atoms with Gasteiger partial charge in [0.05, 0.1) is 16.7 Å². The van der Waals surface area contributed by atoms with Crippen molar-refractivity contribution in [1.29, 1.82) is 0 Å². The van der Waals surface area contributed by atoms with Gasteiger partial charge < -0.3 is 5.32 Å². The summed E-state index contributed by atoms with van der Waals surface area (Å²) in [6.45, 7) is 0. The Morgan fingerprint density at radius 3 is 2.46 bits per heavy atom. The van der Waals surface area contributed by atoms with Crippen molar-refractivity contribution in [2.75, 3.05) is 5.32 Å². The maximum atomic E-state index is 11.4. The molecular formula is C18H14BrN3O2. The minimum absolute atomic E-state index is 0.0150. The molecule has 120 valence electrons. The van der Waals surface area contributed by atoms with Crippen molar-refractivity contribution in [3.8, 4) is 0 Å². The molecule has 0 fully saturated rings. The zero-order valence-corrected chi connectivity index (χ0v) is 14.2. The fourth-order valence-corrected chi connectivity index (χ4v) is 2.80. The van der Waals surface area contributed by atoms with Crippen molar-refractivity contribution < 1.29 is 4.92 Å². The maximum Gasteiger partial charge on any atom is 0.293 e. The van der Waals surface area contributed by atoms with E-state index in [1.165, 1.54) is 6.07 Å². The van der Waals surface area contributed by atoms with Gasteiger partial charge in [-0.3, -0.25) is 15.1 Å². The number of pyridine rings is 1. The number of hydrogen-bond donors (Lipinski definition) is 1. The van der Waals surface area contributed by atoms with Crippen LogP contribution in [-0.2, 0) is 0 Å². The van der Waals surface area contributed by atoms with Crippen LogP contribution in [0.2, 0.25) is 0 Å². The number of nitrogens with zero attached hydrogens (tertiary/aromatic N) is 2. The Morgan fingerprint density at radius 2 is 1.79 bits per heavy atom. The quantitative estimate of drug-likeness (QED) is 0.499. The average molecular weight is 384 g/mol. The Balaban J connectivity index is 2.04. The van der Waals surface area contributed by atoms with Crippen molar-refractivity contribution in [3.05, 3.63) is 98.8 Å². The predicted molar refractivity (Wildman–Crippen MR) is 96.9 cm³/mol. The van der Waals surface area contributed by atoms with Gasteiger partial charge in [-0.25, -0.2) is 0 Å². The molecule has 1 aromatic heterocycles. The summed E-state index contributed by atoms with van der Waals surface area (Å²) in [7, 11) is 0. The first-order valence-corrected chi connectivity index (χ1v) is 8.11. The number of aromatic nitrogens is 1. The number of nitro benzene ring substituents is 1. The Bertz CT molecular complexity index is 802. The molecule has 2 aromatic carbocycles. The molecule has 5 nitrogen and oxygen atoms in total. The lowest BCUT2D eigenvalue weighted by molar-refractivity contribution is -0.384. The fraction of sp³-hybridized carbons (Fsp3) is 0.0556. The molecule has 0 bridgehead atoms. The van der Waals surface area contributed by atoms with E-state index in [4.69, 9.17) is 0 Å². The van der Waals surface area contributed by atoms with E-state index >= 15 is 0 Å². The number of anilines is 1. The van der Waals surface area contributed by atoms with Gasteiger partial charge in [0.2, 0.25) is 0 Å². The second-order valence-corrected chi connectivity index (χ2v) is 6.08. The van der Waals surface area contributed by atoms with Gasteiger partial charge in [0, 0.05) is 16.7 Å². The standard InChI is InChI=1S/C18H14BrN3O2/c19-14-9-10-15(17(12-14)22(23)24)21-18(13-6-2-1-3-7-13)16-8-4-5-11-20-16/h1-12,18,21H. The molecule has 0 spiro atoms. The Kier molecular flexibility index (Phi) is 4.86. The van der Waals surface area contributed by atoms with Gasteiger partial charge in [0.1, 0.15) is 5.69 Å². The lowest BCUT2D eigenvalue weighted by atomic mass is 10.0. The molecule has 0 aliphatic carbocycles. The minimum Gasteiger partial charge on any atom is -0.367 e. The third-order valence-electron chi connectivity index (χ3n) is 3.57. The van der Waals surface area contributed by atoms with Crippen LogP contribution in [0.15, 0.2) is 77.4 Å². The van der Waals surface area contributed by atoms with Gasteiger partial charge in [-0.1, -0.05) is 52.3 Å². The van der Waals surface area contributed by atoms with Crippen molar-refractivity contribution in [1.82, 2.24) is 4.98 Å². The zero-order chi connectivity index (χ0) is 16.9. The largest absolute Gasteiger partial charge is 0.367 e. The molecule has 0 radical (unpaired) electrons. The number of benzene rings is 2. The van der Waals surface area contributed by atoms with E-state index in [0.717, 1.165) is 11.3 Å². The van der Waals surface area contributed by atoms with Crippen LogP contribution in [0.4, 0.5) is 11.4 Å². The van der Waals surface area contributed by atoms with Crippen LogP contribution in [0.5, 0.6) is 0 Å². The molecule has 0 saturated heterocycles. The number of nitro groups is 1. The van der Waals surface area contributed by atoms with Gasteiger partial charge in [-0.2, -0.15) is 0 Å². The second kappa shape index (κ2) is 7.23. The van der Waals surface area contributed by atoms with E-state index in [1.54, 1.807) is 18.3 Å². The van der Waals surface area contributed by atoms with E-state index in [0.29, 0.717) is 10.2 Å². The van der Waals surface area contributed by atoms with E-state index in [1.807, 2.05) is 48.5 Å². The molecule has 1 atom stereocenters. The van der Waals surface area contributed by atoms with Crippen LogP contribution in [0.1, 0.15) is 17.3 Å². The van der Waals surface area contributed by atoms with Crippen LogP contribution in [0, 0.1) is 10.1 Å². The normalized spacial score (nSPS) is 11.7. The van der Waals surface area contributed by atoms with Crippen LogP contribution in [-0.4, -0.2) is 9.91 Å². The van der Waals surface area contributed by atoms with Gasteiger partial charge in [0.25, 0.3) is 5.69 Å². The summed E-state index contributed by atoms with van der Waals surface area (Å²) in [6.07, 6.45) is 1.71. The summed E-state index contributed by atoms with van der Waals surface area (Å²) in [5.74, 6) is 0. The second-order valence-electron chi connectivity index (χ2n) is 5.16. The number of halogens is 1. The summed E-state index contributed by atoms with van der Waals surface area (Å²) in [6, 6.07) is 20.0. The molecule has 0 saturated carbocycles. The molecule has 0 aliphatic rings. The molecule has 1 unspecified atom stereocenters. The van der Waals surface area contributed by atoms with Crippen molar-refractivity contribution in [3.63, 3.8) is 0 Å². The molecule has 0 aliphatic heterocycles. The molecule has 0 amide bonds. The topological polar surface area (TPSA) is 68.1 Å². The predicted octanol–water partition coefficient (Wildman–Crippen LogP) is 4.95. The zero-order valence-electron chi connectivity index (χ0n) is 12.6. The molecule has 3 rings (SSSR count). The maximum absolute atomic E-state index is 11.4. The first-order valence-electron chi connectivity index (χ1n) is 7.31. The minimum atomic E-state index is -0.395. The monoisotopic (exact) mass is 383 g/mol.